The molecule has 208 valence electrons. The van der Waals surface area contributed by atoms with E-state index in [9.17, 15) is 9.90 Å². The van der Waals surface area contributed by atoms with Crippen LogP contribution in [0.25, 0.3) is 0 Å². The molecular formula is C31H60O4. The first-order chi connectivity index (χ1) is 17.2. The summed E-state index contributed by atoms with van der Waals surface area (Å²) in [5.74, 6) is -0.222. The summed E-state index contributed by atoms with van der Waals surface area (Å²) in [6.45, 7) is 7.20. The minimum Gasteiger partial charge on any atom is -0.457 e. The lowest BCUT2D eigenvalue weighted by Crippen LogP contribution is -2.34. The van der Waals surface area contributed by atoms with Gasteiger partial charge in [0.1, 0.15) is 6.10 Å². The fourth-order valence-electron chi connectivity index (χ4n) is 4.35. The third-order valence-electron chi connectivity index (χ3n) is 6.69. The number of aliphatic hydroxyl groups excluding tert-OH is 1. The zero-order chi connectivity index (χ0) is 25.8. The van der Waals surface area contributed by atoms with Gasteiger partial charge >= 0.3 is 5.97 Å². The molecule has 2 unspecified atom stereocenters. The molecule has 0 amide bonds. The fourth-order valence-corrected chi connectivity index (χ4v) is 4.35. The first-order valence-electron chi connectivity index (χ1n) is 15.3. The molecule has 0 aliphatic rings. The molecule has 35 heavy (non-hydrogen) atoms. The summed E-state index contributed by atoms with van der Waals surface area (Å²) in [5, 5.41) is 10.5. The SMILES string of the molecule is CCCCCCCCCCC/C=C/C(O)C(COCC)OC(=O)CCCCCCCCCCCC. The Kier molecular flexibility index (Phi) is 27.0. The van der Waals surface area contributed by atoms with Gasteiger partial charge in [0.05, 0.1) is 6.61 Å². The predicted octanol–water partition coefficient (Wildman–Crippen LogP) is 9.08. The van der Waals surface area contributed by atoms with Crippen LogP contribution in [-0.2, 0) is 14.3 Å². The highest BCUT2D eigenvalue weighted by molar-refractivity contribution is 5.69. The van der Waals surface area contributed by atoms with Crippen LogP contribution in [0.15, 0.2) is 12.2 Å². The number of carbonyl (C=O) groups excluding carboxylic acids is 1. The van der Waals surface area contributed by atoms with E-state index in [2.05, 4.69) is 13.8 Å². The minimum atomic E-state index is -0.809. The molecule has 0 radical (unpaired) electrons. The quantitative estimate of drug-likeness (QED) is 0.0700. The molecule has 0 aromatic heterocycles. The second-order valence-electron chi connectivity index (χ2n) is 10.2. The largest absolute Gasteiger partial charge is 0.457 e. The fraction of sp³-hybridized carbons (Fsp3) is 0.903. The van der Waals surface area contributed by atoms with Crippen molar-refractivity contribution >= 4 is 5.97 Å². The first-order valence-corrected chi connectivity index (χ1v) is 15.3. The zero-order valence-electron chi connectivity index (χ0n) is 23.7. The molecule has 0 rings (SSSR count). The lowest BCUT2D eigenvalue weighted by atomic mass is 10.1. The van der Waals surface area contributed by atoms with Gasteiger partial charge in [-0.3, -0.25) is 4.79 Å². The number of unbranched alkanes of at least 4 members (excludes halogenated alkanes) is 18. The van der Waals surface area contributed by atoms with E-state index < -0.39 is 12.2 Å². The maximum atomic E-state index is 12.3. The van der Waals surface area contributed by atoms with E-state index in [1.54, 1.807) is 6.08 Å². The Bertz CT molecular complexity index is 463. The Balaban J connectivity index is 3.94. The summed E-state index contributed by atoms with van der Waals surface area (Å²) in [6, 6.07) is 0. The van der Waals surface area contributed by atoms with Crippen molar-refractivity contribution < 1.29 is 19.4 Å². The Morgan fingerprint density at radius 1 is 0.686 bits per heavy atom. The summed E-state index contributed by atoms with van der Waals surface area (Å²) >= 11 is 0. The molecule has 0 fully saturated rings. The van der Waals surface area contributed by atoms with E-state index in [1.165, 1.54) is 103 Å². The van der Waals surface area contributed by atoms with Crippen molar-refractivity contribution in [3.05, 3.63) is 12.2 Å². The Labute approximate surface area is 218 Å². The van der Waals surface area contributed by atoms with Crippen LogP contribution < -0.4 is 0 Å². The van der Waals surface area contributed by atoms with Crippen molar-refractivity contribution in [1.82, 2.24) is 0 Å². The molecule has 0 spiro atoms. The Hall–Kier alpha value is -0.870. The minimum absolute atomic E-state index is 0.222. The number of allylic oxidation sites excluding steroid dienone is 1. The van der Waals surface area contributed by atoms with E-state index in [0.29, 0.717) is 13.0 Å². The highest BCUT2D eigenvalue weighted by Crippen LogP contribution is 2.14. The number of aliphatic hydroxyl groups is 1. The molecule has 0 heterocycles. The average molecular weight is 497 g/mol. The summed E-state index contributed by atoms with van der Waals surface area (Å²) in [7, 11) is 0. The molecule has 1 N–H and O–H groups in total. The summed E-state index contributed by atoms with van der Waals surface area (Å²) < 4.78 is 11.0. The molecule has 4 nitrogen and oxygen atoms in total. The molecule has 0 aliphatic heterocycles. The lowest BCUT2D eigenvalue weighted by Gasteiger charge is -2.21. The molecule has 4 heteroatoms. The van der Waals surface area contributed by atoms with Crippen LogP contribution in [0.1, 0.15) is 156 Å². The van der Waals surface area contributed by atoms with Gasteiger partial charge in [0, 0.05) is 13.0 Å². The highest BCUT2D eigenvalue weighted by Gasteiger charge is 2.21. The normalized spacial score (nSPS) is 13.4. The van der Waals surface area contributed by atoms with E-state index in [1.807, 2.05) is 13.0 Å². The van der Waals surface area contributed by atoms with Gasteiger partial charge in [-0.25, -0.2) is 0 Å². The van der Waals surface area contributed by atoms with Crippen LogP contribution in [-0.4, -0.2) is 36.5 Å². The van der Waals surface area contributed by atoms with Crippen molar-refractivity contribution in [3.63, 3.8) is 0 Å². The van der Waals surface area contributed by atoms with Crippen molar-refractivity contribution in [1.29, 1.82) is 0 Å². The Morgan fingerprint density at radius 3 is 1.63 bits per heavy atom. The first kappa shape index (κ1) is 34.1. The van der Waals surface area contributed by atoms with Gasteiger partial charge in [0.25, 0.3) is 0 Å². The third-order valence-corrected chi connectivity index (χ3v) is 6.69. The number of carbonyl (C=O) groups is 1. The maximum Gasteiger partial charge on any atom is 0.306 e. The summed E-state index contributed by atoms with van der Waals surface area (Å²) in [6.07, 6.45) is 28.0. The van der Waals surface area contributed by atoms with Gasteiger partial charge in [0.15, 0.2) is 6.10 Å². The van der Waals surface area contributed by atoms with Crippen molar-refractivity contribution in [3.8, 4) is 0 Å². The molecule has 0 saturated heterocycles. The van der Waals surface area contributed by atoms with Gasteiger partial charge in [-0.2, -0.15) is 0 Å². The summed E-state index contributed by atoms with van der Waals surface area (Å²) in [4.78, 5) is 12.3. The predicted molar refractivity (Wildman–Crippen MR) is 150 cm³/mol. The smallest absolute Gasteiger partial charge is 0.306 e. The molecule has 0 aliphatic carbocycles. The van der Waals surface area contributed by atoms with Gasteiger partial charge < -0.3 is 14.6 Å². The molecule has 0 bridgehead atoms. The number of hydrogen-bond acceptors (Lipinski definition) is 4. The molecular weight excluding hydrogens is 436 g/mol. The number of rotatable bonds is 27. The van der Waals surface area contributed by atoms with Gasteiger partial charge in [0.2, 0.25) is 0 Å². The van der Waals surface area contributed by atoms with Crippen molar-refractivity contribution in [2.45, 2.75) is 168 Å². The van der Waals surface area contributed by atoms with Gasteiger partial charge in [-0.15, -0.1) is 0 Å². The lowest BCUT2D eigenvalue weighted by molar-refractivity contribution is -0.157. The molecule has 0 aromatic carbocycles. The second-order valence-corrected chi connectivity index (χ2v) is 10.2. The van der Waals surface area contributed by atoms with E-state index in [4.69, 9.17) is 9.47 Å². The highest BCUT2D eigenvalue weighted by atomic mass is 16.6. The average Bonchev–Trinajstić information content (AvgIpc) is 2.86. The maximum absolute atomic E-state index is 12.3. The van der Waals surface area contributed by atoms with Crippen LogP contribution in [0, 0.1) is 0 Å². The molecule has 0 saturated carbocycles. The number of hydrogen-bond donors (Lipinski definition) is 1. The third kappa shape index (κ3) is 24.6. The van der Waals surface area contributed by atoms with E-state index in [-0.39, 0.29) is 12.6 Å². The van der Waals surface area contributed by atoms with Gasteiger partial charge in [-0.05, 0) is 26.2 Å². The Morgan fingerprint density at radius 2 is 1.14 bits per heavy atom. The monoisotopic (exact) mass is 496 g/mol. The van der Waals surface area contributed by atoms with E-state index >= 15 is 0 Å². The van der Waals surface area contributed by atoms with Crippen LogP contribution in [0.4, 0.5) is 0 Å². The van der Waals surface area contributed by atoms with Crippen LogP contribution in [0.3, 0.4) is 0 Å². The molecule has 2 atom stereocenters. The van der Waals surface area contributed by atoms with Crippen LogP contribution >= 0.6 is 0 Å². The van der Waals surface area contributed by atoms with Crippen molar-refractivity contribution in [2.75, 3.05) is 13.2 Å². The van der Waals surface area contributed by atoms with Crippen LogP contribution in [0.5, 0.6) is 0 Å². The number of ether oxygens (including phenoxy) is 2. The standard InChI is InChI=1S/C31H60O4/c1-4-7-9-11-13-15-17-18-20-22-24-26-29(32)30(28-34-6-3)35-31(33)27-25-23-21-19-16-14-12-10-8-5-2/h24,26,29-30,32H,4-23,25,27-28H2,1-3H3/b26-24+. The summed E-state index contributed by atoms with van der Waals surface area (Å²) in [5.41, 5.74) is 0. The van der Waals surface area contributed by atoms with Crippen LogP contribution in [0.2, 0.25) is 0 Å². The van der Waals surface area contributed by atoms with Crippen molar-refractivity contribution in [2.24, 2.45) is 0 Å². The van der Waals surface area contributed by atoms with Gasteiger partial charge in [-0.1, -0.05) is 135 Å². The topological polar surface area (TPSA) is 55.8 Å². The second kappa shape index (κ2) is 27.7. The number of esters is 1. The zero-order valence-corrected chi connectivity index (χ0v) is 23.7. The van der Waals surface area contributed by atoms with E-state index in [0.717, 1.165) is 25.7 Å². The molecule has 0 aromatic rings.